The summed E-state index contributed by atoms with van der Waals surface area (Å²) in [7, 11) is 0. The number of likely N-dealkylation sites (tertiary alicyclic amines) is 1. The molecule has 1 saturated heterocycles. The maximum absolute atomic E-state index is 9.58. The molecule has 1 aromatic carbocycles. The van der Waals surface area contributed by atoms with E-state index in [9.17, 15) is 5.11 Å². The van der Waals surface area contributed by atoms with Gasteiger partial charge in [0.25, 0.3) is 0 Å². The zero-order valence-corrected chi connectivity index (χ0v) is 17.3. The second kappa shape index (κ2) is 13.3. The molecule has 0 bridgehead atoms. The average Bonchev–Trinajstić information content (AvgIpc) is 2.69. The van der Waals surface area contributed by atoms with Gasteiger partial charge in [-0.15, -0.1) is 0 Å². The first-order valence-electron chi connectivity index (χ1n) is 10.9. The quantitative estimate of drug-likeness (QED) is 0.517. The molecule has 0 spiro atoms. The van der Waals surface area contributed by atoms with E-state index in [-0.39, 0.29) is 18.8 Å². The molecule has 27 heavy (non-hydrogen) atoms. The molecule has 4 nitrogen and oxygen atoms in total. The Hall–Kier alpha value is -0.940. The summed E-state index contributed by atoms with van der Waals surface area (Å²) in [4.78, 5) is 2.54. The van der Waals surface area contributed by atoms with E-state index in [0.29, 0.717) is 12.6 Å². The number of hydrogen-bond acceptors (Lipinski definition) is 4. The fourth-order valence-corrected chi connectivity index (χ4v) is 3.93. The fourth-order valence-electron chi connectivity index (χ4n) is 3.93. The molecule has 0 saturated carbocycles. The molecule has 0 radical (unpaired) electrons. The van der Waals surface area contributed by atoms with Gasteiger partial charge in [0.15, 0.2) is 0 Å². The molecule has 0 aliphatic carbocycles. The lowest BCUT2D eigenvalue weighted by Gasteiger charge is -2.46. The van der Waals surface area contributed by atoms with Crippen molar-refractivity contribution in [1.82, 2.24) is 4.90 Å². The highest BCUT2D eigenvalue weighted by Crippen LogP contribution is 2.29. The van der Waals surface area contributed by atoms with Crippen molar-refractivity contribution < 1.29 is 14.6 Å². The second-order valence-electron chi connectivity index (χ2n) is 7.66. The van der Waals surface area contributed by atoms with Crippen LogP contribution in [-0.2, 0) is 16.0 Å². The summed E-state index contributed by atoms with van der Waals surface area (Å²) >= 11 is 0. The van der Waals surface area contributed by atoms with E-state index in [4.69, 9.17) is 9.47 Å². The van der Waals surface area contributed by atoms with Gasteiger partial charge in [0.2, 0.25) is 0 Å². The predicted molar refractivity (Wildman–Crippen MR) is 111 cm³/mol. The van der Waals surface area contributed by atoms with Gasteiger partial charge < -0.3 is 14.6 Å². The Labute approximate surface area is 165 Å². The van der Waals surface area contributed by atoms with Crippen molar-refractivity contribution >= 4 is 0 Å². The zero-order chi connectivity index (χ0) is 19.3. The minimum absolute atomic E-state index is 0.219. The third kappa shape index (κ3) is 7.53. The summed E-state index contributed by atoms with van der Waals surface area (Å²) in [6, 6.07) is 11.3. The first-order chi connectivity index (χ1) is 13.3. The van der Waals surface area contributed by atoms with Crippen LogP contribution in [-0.4, -0.2) is 54.6 Å². The number of aliphatic hydroxyl groups excluding tert-OH is 1. The van der Waals surface area contributed by atoms with Crippen LogP contribution in [0.3, 0.4) is 0 Å². The lowest BCUT2D eigenvalue weighted by atomic mass is 9.90. The molecular weight excluding hydrogens is 338 g/mol. The van der Waals surface area contributed by atoms with E-state index < -0.39 is 0 Å². The second-order valence-corrected chi connectivity index (χ2v) is 7.66. The van der Waals surface area contributed by atoms with Crippen molar-refractivity contribution in [2.24, 2.45) is 0 Å². The van der Waals surface area contributed by atoms with E-state index in [1.165, 1.54) is 5.56 Å². The smallest absolute Gasteiger partial charge is 0.0753 e. The molecule has 1 heterocycles. The Balaban J connectivity index is 2.11. The minimum atomic E-state index is 0.219. The van der Waals surface area contributed by atoms with Gasteiger partial charge in [-0.2, -0.15) is 0 Å². The molecule has 4 heteroatoms. The Kier molecular flexibility index (Phi) is 11.0. The lowest BCUT2D eigenvalue weighted by molar-refractivity contribution is -0.0971. The highest BCUT2D eigenvalue weighted by atomic mass is 16.5. The fraction of sp³-hybridized carbons (Fsp3) is 0.739. The summed E-state index contributed by atoms with van der Waals surface area (Å²) < 4.78 is 12.4. The van der Waals surface area contributed by atoms with Crippen molar-refractivity contribution in [2.45, 2.75) is 83.5 Å². The van der Waals surface area contributed by atoms with Crippen LogP contribution in [0.1, 0.15) is 64.4 Å². The molecule has 1 aliphatic heterocycles. The standard InChI is InChI=1S/C23H39NO3/c1-3-5-16-26-19-22-23(27-17-6-4-2)13-12-21(14-15-25)24(22)18-20-10-8-7-9-11-20/h7-11,21-23,25H,3-6,12-19H2,1-2H3/t21-,22?,23?/m1/s1. The van der Waals surface area contributed by atoms with Crippen molar-refractivity contribution in [1.29, 1.82) is 0 Å². The summed E-state index contributed by atoms with van der Waals surface area (Å²) in [5.41, 5.74) is 1.31. The van der Waals surface area contributed by atoms with Crippen molar-refractivity contribution in [3.63, 3.8) is 0 Å². The van der Waals surface area contributed by atoms with Crippen molar-refractivity contribution in [2.75, 3.05) is 26.4 Å². The van der Waals surface area contributed by atoms with Crippen LogP contribution in [0.4, 0.5) is 0 Å². The molecule has 0 amide bonds. The Morgan fingerprint density at radius 2 is 1.78 bits per heavy atom. The molecule has 154 valence electrons. The molecule has 1 aliphatic rings. The third-order valence-corrected chi connectivity index (χ3v) is 5.54. The first kappa shape index (κ1) is 22.4. The Bertz CT molecular complexity index is 482. The summed E-state index contributed by atoms with van der Waals surface area (Å²) in [6.07, 6.45) is 7.70. The first-order valence-corrected chi connectivity index (χ1v) is 10.9. The van der Waals surface area contributed by atoms with Gasteiger partial charge in [-0.25, -0.2) is 0 Å². The van der Waals surface area contributed by atoms with Crippen molar-refractivity contribution in [3.8, 4) is 0 Å². The Morgan fingerprint density at radius 3 is 2.48 bits per heavy atom. The Morgan fingerprint density at radius 1 is 1.04 bits per heavy atom. The van der Waals surface area contributed by atoms with Crippen LogP contribution in [0.15, 0.2) is 30.3 Å². The molecule has 2 rings (SSSR count). The van der Waals surface area contributed by atoms with E-state index >= 15 is 0 Å². The highest BCUT2D eigenvalue weighted by Gasteiger charge is 2.37. The maximum atomic E-state index is 9.58. The van der Waals surface area contributed by atoms with E-state index in [1.807, 2.05) is 0 Å². The molecule has 1 fully saturated rings. The molecule has 1 N–H and O–H groups in total. The van der Waals surface area contributed by atoms with Gasteiger partial charge in [-0.05, 0) is 37.7 Å². The third-order valence-electron chi connectivity index (χ3n) is 5.54. The molecule has 1 aromatic rings. The van der Waals surface area contributed by atoms with Crippen LogP contribution in [0.2, 0.25) is 0 Å². The van der Waals surface area contributed by atoms with Crippen LogP contribution >= 0.6 is 0 Å². The number of rotatable bonds is 13. The lowest BCUT2D eigenvalue weighted by Crippen LogP contribution is -2.56. The number of unbranched alkanes of at least 4 members (excludes halogenated alkanes) is 2. The number of ether oxygens (including phenoxy) is 2. The largest absolute Gasteiger partial charge is 0.396 e. The van der Waals surface area contributed by atoms with Gasteiger partial charge in [0, 0.05) is 32.4 Å². The number of aliphatic hydroxyl groups is 1. The highest BCUT2D eigenvalue weighted by molar-refractivity contribution is 5.15. The average molecular weight is 378 g/mol. The summed E-state index contributed by atoms with van der Waals surface area (Å²) in [5.74, 6) is 0. The van der Waals surface area contributed by atoms with Crippen LogP contribution < -0.4 is 0 Å². The van der Waals surface area contributed by atoms with Gasteiger partial charge in [0.1, 0.15) is 0 Å². The van der Waals surface area contributed by atoms with E-state index in [1.54, 1.807) is 0 Å². The van der Waals surface area contributed by atoms with Crippen molar-refractivity contribution in [3.05, 3.63) is 35.9 Å². The topological polar surface area (TPSA) is 41.9 Å². The van der Waals surface area contributed by atoms with E-state index in [2.05, 4.69) is 49.1 Å². The summed E-state index contributed by atoms with van der Waals surface area (Å²) in [6.45, 7) is 7.89. The predicted octanol–water partition coefficient (Wildman–Crippen LogP) is 4.40. The van der Waals surface area contributed by atoms with Crippen LogP contribution in [0, 0.1) is 0 Å². The van der Waals surface area contributed by atoms with Gasteiger partial charge in [0.05, 0.1) is 18.8 Å². The number of piperidine rings is 1. The number of nitrogens with zero attached hydrogens (tertiary/aromatic N) is 1. The van der Waals surface area contributed by atoms with E-state index in [0.717, 1.165) is 64.7 Å². The maximum Gasteiger partial charge on any atom is 0.0753 e. The number of hydrogen-bond donors (Lipinski definition) is 1. The molecular formula is C23H39NO3. The zero-order valence-electron chi connectivity index (χ0n) is 17.3. The molecule has 0 aromatic heterocycles. The minimum Gasteiger partial charge on any atom is -0.396 e. The van der Waals surface area contributed by atoms with Crippen LogP contribution in [0.25, 0.3) is 0 Å². The normalized spacial score (nSPS) is 23.6. The van der Waals surface area contributed by atoms with Gasteiger partial charge >= 0.3 is 0 Å². The molecule has 2 unspecified atom stereocenters. The summed E-state index contributed by atoms with van der Waals surface area (Å²) in [5, 5.41) is 9.58. The van der Waals surface area contributed by atoms with Crippen LogP contribution in [0.5, 0.6) is 0 Å². The SMILES string of the molecule is CCCCOCC1C(OCCCC)CC[C@H](CCO)N1Cc1ccccc1. The van der Waals surface area contributed by atoms with Gasteiger partial charge in [-0.3, -0.25) is 4.90 Å². The van der Waals surface area contributed by atoms with Gasteiger partial charge in [-0.1, -0.05) is 57.0 Å². The monoisotopic (exact) mass is 377 g/mol. The molecule has 3 atom stereocenters. The number of benzene rings is 1.